The van der Waals surface area contributed by atoms with Crippen molar-refractivity contribution in [3.8, 4) is 28.4 Å². The summed E-state index contributed by atoms with van der Waals surface area (Å²) in [7, 11) is 0. The third-order valence-electron chi connectivity index (χ3n) is 5.52. The van der Waals surface area contributed by atoms with Crippen molar-refractivity contribution in [3.63, 3.8) is 0 Å². The number of hydrogen-bond acceptors (Lipinski definition) is 5. The Bertz CT molecular complexity index is 1420. The van der Waals surface area contributed by atoms with Crippen LogP contribution in [-0.4, -0.2) is 42.9 Å². The summed E-state index contributed by atoms with van der Waals surface area (Å²) in [6.07, 6.45) is 0. The number of para-hydroxylation sites is 1. The highest BCUT2D eigenvalue weighted by atomic mass is 16.5. The summed E-state index contributed by atoms with van der Waals surface area (Å²) < 4.78 is 7.75. The molecule has 8 nitrogen and oxygen atoms in total. The molecule has 0 unspecified atom stereocenters. The minimum Gasteiger partial charge on any atom is -0.479 e. The van der Waals surface area contributed by atoms with Crippen LogP contribution in [0.25, 0.3) is 33.4 Å². The number of nitrogens with zero attached hydrogens (tertiary/aromatic N) is 4. The maximum absolute atomic E-state index is 11.8. The number of benzene rings is 3. The Hall–Kier alpha value is -4.46. The first-order valence-electron chi connectivity index (χ1n) is 10.6. The topological polar surface area (TPSA) is 106 Å². The van der Waals surface area contributed by atoms with E-state index in [0.717, 1.165) is 27.6 Å². The lowest BCUT2D eigenvalue weighted by atomic mass is 9.98. The second-order valence-electron chi connectivity index (χ2n) is 7.53. The monoisotopic (exact) mass is 439 g/mol. The number of carboxylic acid groups (broad SMARTS) is 1. The van der Waals surface area contributed by atoms with E-state index in [9.17, 15) is 9.90 Å². The van der Waals surface area contributed by atoms with Crippen molar-refractivity contribution in [2.75, 3.05) is 6.61 Å². The molecular formula is C25H21N5O3. The number of nitrogens with one attached hydrogen (secondary N) is 1. The summed E-state index contributed by atoms with van der Waals surface area (Å²) in [4.78, 5) is 11.8. The van der Waals surface area contributed by atoms with E-state index in [2.05, 4.69) is 20.6 Å². The molecule has 0 spiro atoms. The summed E-state index contributed by atoms with van der Waals surface area (Å²) >= 11 is 0. The first-order valence-corrected chi connectivity index (χ1v) is 10.6. The predicted octanol–water partition coefficient (Wildman–Crippen LogP) is 4.63. The molecule has 164 valence electrons. The van der Waals surface area contributed by atoms with Gasteiger partial charge in [0.05, 0.1) is 24.2 Å². The van der Waals surface area contributed by atoms with Gasteiger partial charge in [0.25, 0.3) is 0 Å². The lowest BCUT2D eigenvalue weighted by molar-refractivity contribution is 0.0698. The Morgan fingerprint density at radius 3 is 2.52 bits per heavy atom. The van der Waals surface area contributed by atoms with Crippen LogP contribution >= 0.6 is 0 Å². The summed E-state index contributed by atoms with van der Waals surface area (Å²) in [5, 5.41) is 24.9. The van der Waals surface area contributed by atoms with Gasteiger partial charge in [0.1, 0.15) is 0 Å². The SMILES string of the molecule is CCOc1cc2cccc(C(=O)O)c2n1Cc1ccc(-c2ccccc2-c2nn[nH]n2)cc1. The number of aromatic nitrogens is 5. The summed E-state index contributed by atoms with van der Waals surface area (Å²) in [5.41, 5.74) is 4.84. The van der Waals surface area contributed by atoms with E-state index in [1.807, 2.05) is 72.2 Å². The second-order valence-corrected chi connectivity index (χ2v) is 7.53. The van der Waals surface area contributed by atoms with Crippen LogP contribution in [0.1, 0.15) is 22.8 Å². The molecule has 0 saturated carbocycles. The van der Waals surface area contributed by atoms with Crippen molar-refractivity contribution in [3.05, 3.63) is 83.9 Å². The van der Waals surface area contributed by atoms with Crippen LogP contribution in [0.3, 0.4) is 0 Å². The summed E-state index contributed by atoms with van der Waals surface area (Å²) in [5.74, 6) is 0.222. The molecule has 2 heterocycles. The van der Waals surface area contributed by atoms with Crippen molar-refractivity contribution in [2.45, 2.75) is 13.5 Å². The Kier molecular flexibility index (Phi) is 5.32. The predicted molar refractivity (Wildman–Crippen MR) is 124 cm³/mol. The highest BCUT2D eigenvalue weighted by Gasteiger charge is 2.17. The lowest BCUT2D eigenvalue weighted by Gasteiger charge is -2.13. The van der Waals surface area contributed by atoms with Crippen molar-refractivity contribution in [1.29, 1.82) is 0 Å². The number of carbonyl (C=O) groups is 1. The van der Waals surface area contributed by atoms with Gasteiger partial charge < -0.3 is 14.4 Å². The van der Waals surface area contributed by atoms with Crippen LogP contribution in [0.2, 0.25) is 0 Å². The minimum absolute atomic E-state index is 0.254. The Balaban J connectivity index is 1.53. The molecule has 5 aromatic rings. The van der Waals surface area contributed by atoms with E-state index in [0.29, 0.717) is 30.4 Å². The average Bonchev–Trinajstić information content (AvgIpc) is 3.49. The van der Waals surface area contributed by atoms with Crippen molar-refractivity contribution >= 4 is 16.9 Å². The smallest absolute Gasteiger partial charge is 0.337 e. The van der Waals surface area contributed by atoms with Crippen LogP contribution in [0.15, 0.2) is 72.8 Å². The summed E-state index contributed by atoms with van der Waals surface area (Å²) in [6, 6.07) is 23.2. The lowest BCUT2D eigenvalue weighted by Crippen LogP contribution is -2.07. The van der Waals surface area contributed by atoms with Gasteiger partial charge in [-0.2, -0.15) is 5.21 Å². The molecule has 0 bridgehead atoms. The van der Waals surface area contributed by atoms with Crippen LogP contribution in [0.4, 0.5) is 0 Å². The van der Waals surface area contributed by atoms with Crippen molar-refractivity contribution in [2.24, 2.45) is 0 Å². The van der Waals surface area contributed by atoms with Crippen molar-refractivity contribution < 1.29 is 14.6 Å². The maximum atomic E-state index is 11.8. The number of aromatic amines is 1. The molecule has 2 aromatic heterocycles. The normalized spacial score (nSPS) is 11.1. The van der Waals surface area contributed by atoms with Gasteiger partial charge in [-0.05, 0) is 34.9 Å². The van der Waals surface area contributed by atoms with Crippen LogP contribution in [0.5, 0.6) is 5.88 Å². The average molecular weight is 439 g/mol. The standard InChI is InChI=1S/C25H21N5O3/c1-2-33-22-14-18-6-5-9-21(25(31)32)23(18)30(22)15-16-10-12-17(13-11-16)19-7-3-4-8-20(19)24-26-28-29-27-24/h3-14H,2,15H2,1H3,(H,31,32)(H,26,27,28,29). The van der Waals surface area contributed by atoms with Gasteiger partial charge in [-0.3, -0.25) is 0 Å². The first-order chi connectivity index (χ1) is 16.2. The molecule has 3 aromatic carbocycles. The molecule has 0 radical (unpaired) electrons. The molecule has 2 N–H and O–H groups in total. The fourth-order valence-electron chi connectivity index (χ4n) is 4.08. The zero-order chi connectivity index (χ0) is 22.8. The van der Waals surface area contributed by atoms with Gasteiger partial charge in [-0.1, -0.05) is 60.7 Å². The van der Waals surface area contributed by atoms with Crippen LogP contribution in [0, 0.1) is 0 Å². The second kappa shape index (κ2) is 8.58. The molecule has 0 saturated heterocycles. The number of rotatable bonds is 7. The molecule has 33 heavy (non-hydrogen) atoms. The minimum atomic E-state index is -0.962. The molecule has 0 aliphatic rings. The van der Waals surface area contributed by atoms with Gasteiger partial charge in [0.15, 0.2) is 5.88 Å². The Labute approximate surface area is 189 Å². The van der Waals surface area contributed by atoms with Gasteiger partial charge in [-0.15, -0.1) is 10.2 Å². The van der Waals surface area contributed by atoms with Gasteiger partial charge >= 0.3 is 5.97 Å². The van der Waals surface area contributed by atoms with E-state index in [4.69, 9.17) is 4.74 Å². The third kappa shape index (κ3) is 3.82. The number of aromatic carboxylic acids is 1. The fraction of sp³-hybridized carbons (Fsp3) is 0.120. The maximum Gasteiger partial charge on any atom is 0.337 e. The largest absolute Gasteiger partial charge is 0.479 e. The van der Waals surface area contributed by atoms with E-state index in [1.165, 1.54) is 0 Å². The summed E-state index contributed by atoms with van der Waals surface area (Å²) in [6.45, 7) is 2.89. The van der Waals surface area contributed by atoms with Crippen LogP contribution < -0.4 is 4.74 Å². The number of tetrazole rings is 1. The molecule has 0 amide bonds. The quantitative estimate of drug-likeness (QED) is 0.383. The molecule has 5 rings (SSSR count). The molecule has 0 atom stereocenters. The zero-order valence-electron chi connectivity index (χ0n) is 17.9. The number of carboxylic acids is 1. The third-order valence-corrected chi connectivity index (χ3v) is 5.52. The highest BCUT2D eigenvalue weighted by molar-refractivity contribution is 6.03. The Morgan fingerprint density at radius 1 is 1.03 bits per heavy atom. The van der Waals surface area contributed by atoms with E-state index >= 15 is 0 Å². The molecular weight excluding hydrogens is 418 g/mol. The van der Waals surface area contributed by atoms with Gasteiger partial charge in [0.2, 0.25) is 5.82 Å². The van der Waals surface area contributed by atoms with E-state index in [1.54, 1.807) is 12.1 Å². The number of H-pyrrole nitrogens is 1. The molecule has 0 aliphatic heterocycles. The number of ether oxygens (including phenoxy) is 1. The zero-order valence-corrected chi connectivity index (χ0v) is 17.9. The molecule has 8 heteroatoms. The highest BCUT2D eigenvalue weighted by Crippen LogP contribution is 2.32. The van der Waals surface area contributed by atoms with Gasteiger partial charge in [-0.25, -0.2) is 4.79 Å². The van der Waals surface area contributed by atoms with E-state index < -0.39 is 5.97 Å². The first kappa shape index (κ1) is 20.4. The Morgan fingerprint density at radius 2 is 1.82 bits per heavy atom. The molecule has 0 fully saturated rings. The van der Waals surface area contributed by atoms with Crippen LogP contribution in [-0.2, 0) is 6.54 Å². The number of hydrogen-bond donors (Lipinski definition) is 2. The molecule has 0 aliphatic carbocycles. The van der Waals surface area contributed by atoms with Crippen molar-refractivity contribution in [1.82, 2.24) is 25.2 Å². The fourth-order valence-corrected chi connectivity index (χ4v) is 4.08. The van der Waals surface area contributed by atoms with Gasteiger partial charge in [0, 0.05) is 17.0 Å². The number of fused-ring (bicyclic) bond motifs is 1. The van der Waals surface area contributed by atoms with E-state index in [-0.39, 0.29) is 5.56 Å².